The predicted molar refractivity (Wildman–Crippen MR) is 254 cm³/mol. The maximum absolute atomic E-state index is 5.25. The molecule has 4 heterocycles. The fraction of sp³-hybridized carbons (Fsp3) is 0.0182. The van der Waals surface area contributed by atoms with Crippen molar-refractivity contribution in [1.29, 1.82) is 0 Å². The van der Waals surface area contributed by atoms with E-state index in [1.54, 1.807) is 0 Å². The quantitative estimate of drug-likeness (QED) is 0.193. The monoisotopic (exact) mass is 797 g/mol. The maximum atomic E-state index is 5.25. The molecule has 286 valence electrons. The molecule has 2 aliphatic heterocycles. The summed E-state index contributed by atoms with van der Waals surface area (Å²) in [6.07, 6.45) is -0.303. The minimum atomic E-state index is -0.303. The van der Waals surface area contributed by atoms with Gasteiger partial charge >= 0.3 is 0 Å². The summed E-state index contributed by atoms with van der Waals surface area (Å²) in [6, 6.07) is 72.0. The van der Waals surface area contributed by atoms with E-state index >= 15 is 0 Å². The average Bonchev–Trinajstić information content (AvgIpc) is 3.85. The van der Waals surface area contributed by atoms with Crippen LogP contribution >= 0.6 is 11.8 Å². The molecule has 0 aliphatic carbocycles. The second-order valence-electron chi connectivity index (χ2n) is 15.8. The van der Waals surface area contributed by atoms with E-state index in [0.29, 0.717) is 5.84 Å². The van der Waals surface area contributed by atoms with Gasteiger partial charge in [-0.3, -0.25) is 4.57 Å². The van der Waals surface area contributed by atoms with Crippen molar-refractivity contribution >= 4 is 77.9 Å². The number of aromatic nitrogens is 2. The first-order chi connectivity index (χ1) is 30.3. The third-order valence-corrected chi connectivity index (χ3v) is 13.5. The van der Waals surface area contributed by atoms with E-state index in [4.69, 9.17) is 9.98 Å². The molecule has 6 heteroatoms. The highest BCUT2D eigenvalue weighted by molar-refractivity contribution is 7.99. The molecule has 1 atom stereocenters. The van der Waals surface area contributed by atoms with Gasteiger partial charge in [0.25, 0.3) is 0 Å². The summed E-state index contributed by atoms with van der Waals surface area (Å²) in [5, 5.41) is 11.3. The Hall–Kier alpha value is -7.67. The number of amidine groups is 1. The van der Waals surface area contributed by atoms with Crippen LogP contribution in [0.5, 0.6) is 0 Å². The second-order valence-corrected chi connectivity index (χ2v) is 16.8. The standard InChI is InChI=1S/C55H35N5S/c1-4-16-34(17-5-1)53-56-54(35-18-6-2-7-19-35)58-55(57-53)60-45-28-13-11-23-41(45)50-38(24-15-29-46(50)60)36-30-31-48-43(32-36)39-25-14-26-42-51-40-22-10-12-27-44(40)59(37-20-8-3-9-21-37)47(51)33-49(61-48)52(39)42/h1-33,53H,(H,56,57,58). The van der Waals surface area contributed by atoms with E-state index in [2.05, 4.69) is 190 Å². The highest BCUT2D eigenvalue weighted by Gasteiger charge is 2.27. The van der Waals surface area contributed by atoms with Gasteiger partial charge in [-0.15, -0.1) is 0 Å². The summed E-state index contributed by atoms with van der Waals surface area (Å²) >= 11 is 1.88. The number of nitrogens with one attached hydrogen (secondary N) is 1. The Labute approximate surface area is 356 Å². The van der Waals surface area contributed by atoms with Gasteiger partial charge in [-0.25, -0.2) is 4.99 Å². The zero-order chi connectivity index (χ0) is 40.0. The summed E-state index contributed by atoms with van der Waals surface area (Å²) in [7, 11) is 0. The summed E-state index contributed by atoms with van der Waals surface area (Å²) in [6.45, 7) is 0. The number of benzene rings is 9. The topological polar surface area (TPSA) is 46.6 Å². The van der Waals surface area contributed by atoms with Crippen LogP contribution < -0.4 is 5.32 Å². The summed E-state index contributed by atoms with van der Waals surface area (Å²) in [4.78, 5) is 12.9. The van der Waals surface area contributed by atoms with Crippen LogP contribution in [0.2, 0.25) is 0 Å². The van der Waals surface area contributed by atoms with Gasteiger partial charge in [-0.05, 0) is 81.7 Å². The summed E-state index contributed by atoms with van der Waals surface area (Å²) in [5.41, 5.74) is 12.8. The van der Waals surface area contributed by atoms with Gasteiger partial charge in [-0.2, -0.15) is 4.99 Å². The number of rotatable bonds is 4. The van der Waals surface area contributed by atoms with Crippen molar-refractivity contribution in [1.82, 2.24) is 14.5 Å². The third kappa shape index (κ3) is 5.22. The number of para-hydroxylation sites is 3. The zero-order valence-corrected chi connectivity index (χ0v) is 33.6. The first-order valence-corrected chi connectivity index (χ1v) is 21.5. The van der Waals surface area contributed by atoms with E-state index < -0.39 is 0 Å². The molecule has 0 radical (unpaired) electrons. The lowest BCUT2D eigenvalue weighted by molar-refractivity contribution is 0.661. The number of hydrogen-bond acceptors (Lipinski definition) is 4. The average molecular weight is 798 g/mol. The number of fused-ring (bicyclic) bond motifs is 9. The molecule has 0 bridgehead atoms. The van der Waals surface area contributed by atoms with Gasteiger partial charge in [0.1, 0.15) is 6.17 Å². The Bertz CT molecular complexity index is 3640. The third-order valence-electron chi connectivity index (χ3n) is 12.4. The van der Waals surface area contributed by atoms with Crippen molar-refractivity contribution in [3.05, 3.63) is 211 Å². The molecule has 2 aliphatic rings. The minimum Gasteiger partial charge on any atom is -0.330 e. The predicted octanol–water partition coefficient (Wildman–Crippen LogP) is 13.8. The second kappa shape index (κ2) is 13.4. The van der Waals surface area contributed by atoms with Crippen molar-refractivity contribution in [2.75, 3.05) is 0 Å². The zero-order valence-electron chi connectivity index (χ0n) is 32.8. The Kier molecular flexibility index (Phi) is 7.53. The molecule has 0 fully saturated rings. The van der Waals surface area contributed by atoms with Crippen molar-refractivity contribution < 1.29 is 0 Å². The fourth-order valence-corrected chi connectivity index (χ4v) is 10.9. The molecule has 0 saturated heterocycles. The highest BCUT2D eigenvalue weighted by Crippen LogP contribution is 2.52. The normalized spacial score (nSPS) is 14.7. The van der Waals surface area contributed by atoms with E-state index in [-0.39, 0.29) is 6.17 Å². The van der Waals surface area contributed by atoms with E-state index in [0.717, 1.165) is 28.1 Å². The van der Waals surface area contributed by atoms with Gasteiger partial charge < -0.3 is 9.88 Å². The van der Waals surface area contributed by atoms with Crippen LogP contribution in [0.15, 0.2) is 220 Å². The van der Waals surface area contributed by atoms with E-state index in [9.17, 15) is 0 Å². The Morgan fingerprint density at radius 1 is 0.426 bits per heavy atom. The molecular formula is C55H35N5S. The van der Waals surface area contributed by atoms with E-state index in [1.165, 1.54) is 81.1 Å². The smallest absolute Gasteiger partial charge is 0.211 e. The number of aliphatic imine (C=N–C) groups is 2. The van der Waals surface area contributed by atoms with Crippen LogP contribution in [0, 0.1) is 0 Å². The van der Waals surface area contributed by atoms with E-state index in [1.807, 2.05) is 36.0 Å². The molecule has 0 saturated carbocycles. The minimum absolute atomic E-state index is 0.303. The van der Waals surface area contributed by atoms with Crippen molar-refractivity contribution in [3.8, 4) is 27.9 Å². The summed E-state index contributed by atoms with van der Waals surface area (Å²) < 4.78 is 4.71. The maximum Gasteiger partial charge on any atom is 0.211 e. The van der Waals surface area contributed by atoms with Crippen molar-refractivity contribution in [2.24, 2.45) is 9.98 Å². The Balaban J connectivity index is 0.995. The van der Waals surface area contributed by atoms with Crippen LogP contribution in [-0.4, -0.2) is 20.9 Å². The lowest BCUT2D eigenvalue weighted by Gasteiger charge is -2.24. The molecule has 1 N–H and O–H groups in total. The summed E-state index contributed by atoms with van der Waals surface area (Å²) in [5.74, 6) is 1.45. The van der Waals surface area contributed by atoms with Gasteiger partial charge in [0.2, 0.25) is 5.96 Å². The van der Waals surface area contributed by atoms with Gasteiger partial charge in [0.05, 0.1) is 22.1 Å². The molecule has 5 nitrogen and oxygen atoms in total. The van der Waals surface area contributed by atoms with Crippen molar-refractivity contribution in [3.63, 3.8) is 0 Å². The molecule has 0 spiro atoms. The molecule has 61 heavy (non-hydrogen) atoms. The Morgan fingerprint density at radius 2 is 1.07 bits per heavy atom. The largest absolute Gasteiger partial charge is 0.330 e. The number of nitrogens with zero attached hydrogens (tertiary/aromatic N) is 4. The molecule has 11 aromatic rings. The molecule has 9 aromatic carbocycles. The molecule has 13 rings (SSSR count). The molecule has 2 aromatic heterocycles. The SMILES string of the molecule is c1ccc(C2=NC(c3ccccc3)NC(n3c4ccccc4c4c(-c5ccc6c(c5)-c5cccc7c5c(cc5c7c7ccccc7n5-c5ccccc5)S6)cccc43)=N2)cc1. The highest BCUT2D eigenvalue weighted by atomic mass is 32.2. The van der Waals surface area contributed by atoms with Crippen LogP contribution in [0.25, 0.3) is 82.3 Å². The number of hydrogen-bond donors (Lipinski definition) is 1. The lowest BCUT2D eigenvalue weighted by Crippen LogP contribution is -2.37. The lowest BCUT2D eigenvalue weighted by atomic mass is 9.92. The molecule has 1 unspecified atom stereocenters. The van der Waals surface area contributed by atoms with Crippen LogP contribution in [0.4, 0.5) is 0 Å². The van der Waals surface area contributed by atoms with Crippen LogP contribution in [0.1, 0.15) is 17.3 Å². The molecule has 0 amide bonds. The fourth-order valence-electron chi connectivity index (χ4n) is 9.74. The first kappa shape index (κ1) is 34.2. The van der Waals surface area contributed by atoms with Gasteiger partial charge in [0, 0.05) is 48.0 Å². The Morgan fingerprint density at radius 3 is 1.87 bits per heavy atom. The van der Waals surface area contributed by atoms with Crippen LogP contribution in [0.3, 0.4) is 0 Å². The van der Waals surface area contributed by atoms with Gasteiger partial charge in [0.15, 0.2) is 5.84 Å². The van der Waals surface area contributed by atoms with Crippen LogP contribution in [-0.2, 0) is 0 Å². The molecular weight excluding hydrogens is 763 g/mol. The first-order valence-electron chi connectivity index (χ1n) is 20.7. The van der Waals surface area contributed by atoms with Gasteiger partial charge in [-0.1, -0.05) is 163 Å². The van der Waals surface area contributed by atoms with Crippen molar-refractivity contribution in [2.45, 2.75) is 16.0 Å².